The first-order valence-electron chi connectivity index (χ1n) is 7.12. The van der Waals surface area contributed by atoms with E-state index in [1.165, 1.54) is 0 Å². The molecule has 2 N–H and O–H groups in total. The molecule has 0 bridgehead atoms. The van der Waals surface area contributed by atoms with Gasteiger partial charge in [0.05, 0.1) is 0 Å². The van der Waals surface area contributed by atoms with Crippen LogP contribution in [0.4, 0.5) is 5.69 Å². The molecule has 1 saturated heterocycles. The number of carbonyl (C=O) groups excluding carboxylic acids is 2. The fraction of sp³-hybridized carbons (Fsp3) is 0.467. The second kappa shape index (κ2) is 8.98. The van der Waals surface area contributed by atoms with Crippen molar-refractivity contribution >= 4 is 41.5 Å². The van der Waals surface area contributed by atoms with Crippen molar-refractivity contribution < 1.29 is 9.59 Å². The number of halogens is 2. The standard InChI is InChI=1S/C15H20ClN3O2.ClH/c1-17-8-3-6-14(20)18-13-7-9-19(15(13)21)12-5-2-4-11(16)10-12;/h2,4-5,10,13,17H,3,6-9H2,1H3,(H,18,20);1H. The average molecular weight is 346 g/mol. The lowest BCUT2D eigenvalue weighted by atomic mass is 10.2. The molecular weight excluding hydrogens is 325 g/mol. The van der Waals surface area contributed by atoms with E-state index in [4.69, 9.17) is 11.6 Å². The molecule has 0 aromatic heterocycles. The lowest BCUT2D eigenvalue weighted by Gasteiger charge is -2.17. The van der Waals surface area contributed by atoms with Gasteiger partial charge in [-0.05, 0) is 44.6 Å². The van der Waals surface area contributed by atoms with Gasteiger partial charge in [-0.25, -0.2) is 0 Å². The van der Waals surface area contributed by atoms with Crippen molar-refractivity contribution in [3.63, 3.8) is 0 Å². The predicted molar refractivity (Wildman–Crippen MR) is 90.8 cm³/mol. The Labute approximate surface area is 141 Å². The molecule has 122 valence electrons. The molecule has 1 aliphatic rings. The number of anilines is 1. The van der Waals surface area contributed by atoms with Gasteiger partial charge in [0.1, 0.15) is 6.04 Å². The zero-order valence-corrected chi connectivity index (χ0v) is 14.0. The van der Waals surface area contributed by atoms with Crippen LogP contribution >= 0.6 is 24.0 Å². The number of benzene rings is 1. The number of rotatable bonds is 6. The molecule has 1 aliphatic heterocycles. The lowest BCUT2D eigenvalue weighted by molar-refractivity contribution is -0.126. The van der Waals surface area contributed by atoms with Crippen molar-refractivity contribution in [2.45, 2.75) is 25.3 Å². The van der Waals surface area contributed by atoms with Crippen molar-refractivity contribution in [1.29, 1.82) is 0 Å². The Hall–Kier alpha value is -1.30. The van der Waals surface area contributed by atoms with E-state index >= 15 is 0 Å². The monoisotopic (exact) mass is 345 g/mol. The summed E-state index contributed by atoms with van der Waals surface area (Å²) < 4.78 is 0. The Morgan fingerprint density at radius 1 is 1.45 bits per heavy atom. The summed E-state index contributed by atoms with van der Waals surface area (Å²) in [5.74, 6) is -0.143. The van der Waals surface area contributed by atoms with Crippen LogP contribution in [0.3, 0.4) is 0 Å². The first kappa shape index (κ1) is 18.7. The molecule has 1 aromatic rings. The molecule has 0 spiro atoms. The minimum Gasteiger partial charge on any atom is -0.344 e. The van der Waals surface area contributed by atoms with Gasteiger partial charge in [0.2, 0.25) is 11.8 Å². The molecule has 1 unspecified atom stereocenters. The third kappa shape index (κ3) is 4.87. The quantitative estimate of drug-likeness (QED) is 0.775. The second-order valence-corrected chi connectivity index (χ2v) is 5.52. The van der Waals surface area contributed by atoms with E-state index in [1.54, 1.807) is 17.0 Å². The molecule has 0 saturated carbocycles. The molecule has 2 rings (SSSR count). The maximum Gasteiger partial charge on any atom is 0.249 e. The molecular formula is C15H21Cl2N3O2. The molecule has 7 heteroatoms. The Morgan fingerprint density at radius 2 is 2.23 bits per heavy atom. The van der Waals surface area contributed by atoms with Crippen LogP contribution in [0.2, 0.25) is 5.02 Å². The van der Waals surface area contributed by atoms with Crippen LogP contribution < -0.4 is 15.5 Å². The topological polar surface area (TPSA) is 61.4 Å². The molecule has 22 heavy (non-hydrogen) atoms. The van der Waals surface area contributed by atoms with E-state index in [1.807, 2.05) is 19.2 Å². The van der Waals surface area contributed by atoms with Gasteiger partial charge in [-0.1, -0.05) is 17.7 Å². The smallest absolute Gasteiger partial charge is 0.249 e. The summed E-state index contributed by atoms with van der Waals surface area (Å²) >= 11 is 5.95. The summed E-state index contributed by atoms with van der Waals surface area (Å²) in [5.41, 5.74) is 0.777. The van der Waals surface area contributed by atoms with Crippen LogP contribution in [-0.2, 0) is 9.59 Å². The summed E-state index contributed by atoms with van der Waals surface area (Å²) in [5, 5.41) is 6.40. The van der Waals surface area contributed by atoms with Crippen molar-refractivity contribution in [2.24, 2.45) is 0 Å². The van der Waals surface area contributed by atoms with Crippen LogP contribution in [0.15, 0.2) is 24.3 Å². The third-order valence-electron chi connectivity index (χ3n) is 3.49. The minimum atomic E-state index is -0.425. The largest absolute Gasteiger partial charge is 0.344 e. The summed E-state index contributed by atoms with van der Waals surface area (Å²) in [6.45, 7) is 1.39. The minimum absolute atomic E-state index is 0. The average Bonchev–Trinajstić information content (AvgIpc) is 2.80. The van der Waals surface area contributed by atoms with Gasteiger partial charge in [-0.3, -0.25) is 9.59 Å². The van der Waals surface area contributed by atoms with Crippen LogP contribution in [0.5, 0.6) is 0 Å². The molecule has 1 atom stereocenters. The van der Waals surface area contributed by atoms with Gasteiger partial charge in [0.25, 0.3) is 0 Å². The molecule has 1 aromatic carbocycles. The van der Waals surface area contributed by atoms with E-state index in [0.29, 0.717) is 24.4 Å². The summed E-state index contributed by atoms with van der Waals surface area (Å²) in [6, 6.07) is 6.77. The van der Waals surface area contributed by atoms with E-state index < -0.39 is 6.04 Å². The molecule has 5 nitrogen and oxygen atoms in total. The highest BCUT2D eigenvalue weighted by atomic mass is 35.5. The predicted octanol–water partition coefficient (Wildman–Crippen LogP) is 1.98. The van der Waals surface area contributed by atoms with Gasteiger partial charge in [0, 0.05) is 23.7 Å². The van der Waals surface area contributed by atoms with Crippen molar-refractivity contribution in [3.8, 4) is 0 Å². The van der Waals surface area contributed by atoms with Gasteiger partial charge in [-0.15, -0.1) is 12.4 Å². The van der Waals surface area contributed by atoms with Crippen molar-refractivity contribution in [1.82, 2.24) is 10.6 Å². The SMILES string of the molecule is CNCCCC(=O)NC1CCN(c2cccc(Cl)c2)C1=O.Cl. The fourth-order valence-corrected chi connectivity index (χ4v) is 2.59. The van der Waals surface area contributed by atoms with E-state index in [2.05, 4.69) is 10.6 Å². The summed E-state index contributed by atoms with van der Waals surface area (Å²) in [6.07, 6.45) is 1.83. The summed E-state index contributed by atoms with van der Waals surface area (Å²) in [7, 11) is 1.85. The van der Waals surface area contributed by atoms with E-state index in [9.17, 15) is 9.59 Å². The maximum atomic E-state index is 12.3. The Bertz CT molecular complexity index is 525. The van der Waals surface area contributed by atoms with Crippen LogP contribution in [0.25, 0.3) is 0 Å². The third-order valence-corrected chi connectivity index (χ3v) is 3.73. The van der Waals surface area contributed by atoms with Crippen molar-refractivity contribution in [2.75, 3.05) is 25.0 Å². The highest BCUT2D eigenvalue weighted by Crippen LogP contribution is 2.24. The number of carbonyl (C=O) groups is 2. The second-order valence-electron chi connectivity index (χ2n) is 5.09. The molecule has 0 radical (unpaired) electrons. The maximum absolute atomic E-state index is 12.3. The fourth-order valence-electron chi connectivity index (χ4n) is 2.41. The van der Waals surface area contributed by atoms with Gasteiger partial charge < -0.3 is 15.5 Å². The highest BCUT2D eigenvalue weighted by molar-refractivity contribution is 6.31. The Morgan fingerprint density at radius 3 is 2.91 bits per heavy atom. The van der Waals surface area contributed by atoms with Crippen LogP contribution in [-0.4, -0.2) is 38.0 Å². The van der Waals surface area contributed by atoms with E-state index in [-0.39, 0.29) is 24.2 Å². The number of hydrogen-bond donors (Lipinski definition) is 2. The Balaban J connectivity index is 0.00000242. The van der Waals surface area contributed by atoms with E-state index in [0.717, 1.165) is 18.7 Å². The number of nitrogens with zero attached hydrogens (tertiary/aromatic N) is 1. The van der Waals surface area contributed by atoms with Crippen molar-refractivity contribution in [3.05, 3.63) is 29.3 Å². The Kier molecular flexibility index (Phi) is 7.65. The normalized spacial score (nSPS) is 17.3. The van der Waals surface area contributed by atoms with Gasteiger partial charge in [0.15, 0.2) is 0 Å². The van der Waals surface area contributed by atoms with Gasteiger partial charge in [-0.2, -0.15) is 0 Å². The van der Waals surface area contributed by atoms with Crippen LogP contribution in [0, 0.1) is 0 Å². The first-order chi connectivity index (χ1) is 10.1. The first-order valence-corrected chi connectivity index (χ1v) is 7.50. The van der Waals surface area contributed by atoms with Crippen LogP contribution in [0.1, 0.15) is 19.3 Å². The molecule has 0 aliphatic carbocycles. The van der Waals surface area contributed by atoms with Gasteiger partial charge >= 0.3 is 0 Å². The number of nitrogens with one attached hydrogen (secondary N) is 2. The number of amides is 2. The highest BCUT2D eigenvalue weighted by Gasteiger charge is 2.33. The molecule has 1 heterocycles. The molecule has 2 amide bonds. The zero-order chi connectivity index (χ0) is 15.2. The zero-order valence-electron chi connectivity index (χ0n) is 12.5. The summed E-state index contributed by atoms with van der Waals surface area (Å²) in [4.78, 5) is 25.8. The molecule has 1 fully saturated rings. The number of hydrogen-bond acceptors (Lipinski definition) is 3. The lowest BCUT2D eigenvalue weighted by Crippen LogP contribution is -2.41.